The van der Waals surface area contributed by atoms with Crippen LogP contribution in [-0.2, 0) is 0 Å². The fraction of sp³-hybridized carbons (Fsp3) is 1.00. The van der Waals surface area contributed by atoms with E-state index in [4.69, 9.17) is 43.4 Å². The molecule has 0 aliphatic rings. The molecule has 0 fully saturated rings. The van der Waals surface area contributed by atoms with Gasteiger partial charge >= 0.3 is 43.6 Å². The zero-order valence-corrected chi connectivity index (χ0v) is 12.6. The van der Waals surface area contributed by atoms with Crippen molar-refractivity contribution in [3.05, 3.63) is 0 Å². The molecule has 0 radical (unpaired) electrons. The first kappa shape index (κ1) is 27.0. The van der Waals surface area contributed by atoms with Gasteiger partial charge in [-0.1, -0.05) is 0 Å². The molecule has 0 rings (SSSR count). The van der Waals surface area contributed by atoms with Crippen molar-refractivity contribution in [2.75, 3.05) is 13.2 Å². The second-order valence-electron chi connectivity index (χ2n) is 2.58. The van der Waals surface area contributed by atoms with E-state index in [2.05, 4.69) is 0 Å². The molecule has 0 spiro atoms. The Hall–Kier alpha value is 1.52. The number of aliphatic hydroxyl groups is 6. The molecule has 0 aliphatic carbocycles. The van der Waals surface area contributed by atoms with Crippen molar-refractivity contribution in [3.8, 4) is 0 Å². The summed E-state index contributed by atoms with van der Waals surface area (Å²) >= 11 is -0.931. The molecule has 0 unspecified atom stereocenters. The zero-order chi connectivity index (χ0) is 12.4. The van der Waals surface area contributed by atoms with E-state index in [1.165, 1.54) is 0 Å². The van der Waals surface area contributed by atoms with E-state index in [0.717, 1.165) is 0 Å². The van der Waals surface area contributed by atoms with Gasteiger partial charge in [-0.3, -0.25) is 0 Å². The summed E-state index contributed by atoms with van der Waals surface area (Å²) in [5.74, 6) is 0. The Morgan fingerprint density at radius 1 is 0.765 bits per heavy atom. The van der Waals surface area contributed by atoms with Crippen LogP contribution in [0.4, 0.5) is 0 Å². The maximum atomic E-state index is 8.96. The summed E-state index contributed by atoms with van der Waals surface area (Å²) in [6.07, 6.45) is 3.51. The van der Waals surface area contributed by atoms with Gasteiger partial charge in [0.25, 0.3) is 0 Å². The topological polar surface area (TPSA) is 184 Å². The molecule has 0 aromatic rings. The minimum absolute atomic E-state index is 0. The molecule has 4 atom stereocenters. The van der Waals surface area contributed by atoms with E-state index in [1.54, 1.807) is 0 Å². The van der Waals surface area contributed by atoms with Crippen LogP contribution in [-0.4, -0.2) is 110 Å². The Morgan fingerprint density at radius 2 is 0.941 bits per heavy atom. The summed E-state index contributed by atoms with van der Waals surface area (Å²) in [6, 6.07) is 0. The predicted molar refractivity (Wildman–Crippen MR) is 62.9 cm³/mol. The minimum atomic E-state index is -1.67. The third-order valence-electron chi connectivity index (χ3n) is 1.51. The van der Waals surface area contributed by atoms with Gasteiger partial charge in [0.05, 0.1) is 13.2 Å². The van der Waals surface area contributed by atoms with Crippen LogP contribution in [0.1, 0.15) is 0 Å². The average molecular weight is 329 g/mol. The molecule has 10 N–H and O–H groups in total. The van der Waals surface area contributed by atoms with Crippen LogP contribution in [0.5, 0.6) is 0 Å². The summed E-state index contributed by atoms with van der Waals surface area (Å²) < 4.78 is 0. The Bertz CT molecular complexity index is 131. The van der Waals surface area contributed by atoms with E-state index in [9.17, 15) is 0 Å². The quantitative estimate of drug-likeness (QED) is 0.277. The second kappa shape index (κ2) is 17.5. The Labute approximate surface area is 122 Å². The van der Waals surface area contributed by atoms with Gasteiger partial charge < -0.3 is 41.6 Å². The van der Waals surface area contributed by atoms with Crippen LogP contribution in [0, 0.1) is 0 Å². The number of rotatable bonds is 5. The van der Waals surface area contributed by atoms with Crippen molar-refractivity contribution < 1.29 is 41.6 Å². The zero-order valence-electron chi connectivity index (χ0n) is 8.87. The molecule has 17 heavy (non-hydrogen) atoms. The first-order chi connectivity index (χ1) is 6.95. The van der Waals surface area contributed by atoms with Crippen LogP contribution >= 0.6 is 12.8 Å². The fourth-order valence-electron chi connectivity index (χ4n) is 0.671. The van der Waals surface area contributed by atoms with Crippen molar-refractivity contribution in [1.82, 2.24) is 0 Å². The number of hydrogen-bond acceptors (Lipinski definition) is 6. The normalized spacial score (nSPS) is 15.8. The molecule has 11 heteroatoms. The van der Waals surface area contributed by atoms with Crippen molar-refractivity contribution in [3.63, 3.8) is 0 Å². The molecular weight excluding hydrogens is 311 g/mol. The van der Waals surface area contributed by atoms with E-state index >= 15 is 0 Å². The molecule has 0 saturated heterocycles. The van der Waals surface area contributed by atoms with Crippen LogP contribution in [0.15, 0.2) is 0 Å². The van der Waals surface area contributed by atoms with Gasteiger partial charge in [0.15, 0.2) is 0 Å². The van der Waals surface area contributed by atoms with Crippen LogP contribution in [0.3, 0.4) is 0 Å². The van der Waals surface area contributed by atoms with Crippen molar-refractivity contribution >= 4 is 43.6 Å². The third kappa shape index (κ3) is 13.7. The first-order valence-corrected chi connectivity index (χ1v) is 10.1. The van der Waals surface area contributed by atoms with Crippen molar-refractivity contribution in [2.45, 2.75) is 24.4 Å². The standard InChI is InChI=1S/C6H14O6.Ca.2ClH.2H2O/c7-1-3(9)5(11)6(12)4(10)2-8;;;;;/h3-12H,1-2H2;;2*1H;2*1H2/q;+2;;;;/p-2/t3-,4-,5-,6-;;;;;/m1...../s1. The van der Waals surface area contributed by atoms with Gasteiger partial charge in [0, 0.05) is 0 Å². The molecule has 0 amide bonds. The van der Waals surface area contributed by atoms with E-state index in [1.807, 2.05) is 0 Å². The van der Waals surface area contributed by atoms with Gasteiger partial charge in [-0.15, -0.1) is 0 Å². The molecule has 0 aliphatic heterocycles. The van der Waals surface area contributed by atoms with Gasteiger partial charge in [-0.2, -0.15) is 0 Å². The van der Waals surface area contributed by atoms with Gasteiger partial charge in [-0.05, 0) is 0 Å². The first-order valence-electron chi connectivity index (χ1n) is 4.02. The SMILES string of the molecule is O.O.OC[C@@H](O)[C@@H](O)[C@H](O)[C@H](O)CO.[Cl][Ca][Cl]. The molecule has 0 bridgehead atoms. The van der Waals surface area contributed by atoms with Gasteiger partial charge in [0.1, 0.15) is 24.4 Å². The second-order valence-corrected chi connectivity index (χ2v) is 6.23. The summed E-state index contributed by atoms with van der Waals surface area (Å²) in [6.45, 7) is -1.45. The maximum absolute atomic E-state index is 8.96. The molecule has 106 valence electrons. The molecule has 8 nitrogen and oxygen atoms in total. The molecule has 0 aromatic heterocycles. The Kier molecular flexibility index (Phi) is 27.8. The summed E-state index contributed by atoms with van der Waals surface area (Å²) in [4.78, 5) is 0. The average Bonchev–Trinajstić information content (AvgIpc) is 2.25. The van der Waals surface area contributed by atoms with Crippen LogP contribution < -0.4 is 0 Å². The fourth-order valence-corrected chi connectivity index (χ4v) is 0.671. The van der Waals surface area contributed by atoms with Gasteiger partial charge in [0.2, 0.25) is 0 Å². The monoisotopic (exact) mass is 328 g/mol. The van der Waals surface area contributed by atoms with Crippen molar-refractivity contribution in [1.29, 1.82) is 0 Å². The number of hydrogen-bond donors (Lipinski definition) is 6. The van der Waals surface area contributed by atoms with Crippen molar-refractivity contribution in [2.24, 2.45) is 0 Å². The Morgan fingerprint density at radius 3 is 1.06 bits per heavy atom. The number of aliphatic hydroxyl groups excluding tert-OH is 6. The molecular formula is C6H18CaCl2O8. The summed E-state index contributed by atoms with van der Waals surface area (Å²) in [5.41, 5.74) is 0. The van der Waals surface area contributed by atoms with E-state index in [-0.39, 0.29) is 11.0 Å². The molecule has 0 saturated carbocycles. The summed E-state index contributed by atoms with van der Waals surface area (Å²) in [5, 5.41) is 52.2. The van der Waals surface area contributed by atoms with Crippen LogP contribution in [0.2, 0.25) is 0 Å². The molecule has 0 heterocycles. The van der Waals surface area contributed by atoms with E-state index < -0.39 is 68.5 Å². The Balaban J connectivity index is -0.000000152. The summed E-state index contributed by atoms with van der Waals surface area (Å²) in [7, 11) is 0. The third-order valence-corrected chi connectivity index (χ3v) is 1.51. The van der Waals surface area contributed by atoms with Crippen LogP contribution in [0.25, 0.3) is 0 Å². The number of halogens is 2. The van der Waals surface area contributed by atoms with Gasteiger partial charge in [-0.25, -0.2) is 0 Å². The van der Waals surface area contributed by atoms with E-state index in [0.29, 0.717) is 0 Å². The predicted octanol–water partition coefficient (Wildman–Crippen LogP) is -4.24. The molecule has 0 aromatic carbocycles.